The van der Waals surface area contributed by atoms with Crippen molar-refractivity contribution in [3.05, 3.63) is 86.3 Å². The average molecular weight is 404 g/mol. The summed E-state index contributed by atoms with van der Waals surface area (Å²) < 4.78 is 27.2. The van der Waals surface area contributed by atoms with Crippen LogP contribution in [0.1, 0.15) is 22.4 Å². The van der Waals surface area contributed by atoms with Gasteiger partial charge in [-0.05, 0) is 37.6 Å². The Morgan fingerprint density at radius 3 is 2.37 bits per heavy atom. The van der Waals surface area contributed by atoms with Crippen LogP contribution in [0.4, 0.5) is 5.95 Å². The molecule has 0 fully saturated rings. The van der Waals surface area contributed by atoms with Gasteiger partial charge in [0.25, 0.3) is 15.6 Å². The van der Waals surface area contributed by atoms with Crippen molar-refractivity contribution in [3.8, 4) is 0 Å². The number of anilines is 1. The van der Waals surface area contributed by atoms with Crippen molar-refractivity contribution in [3.63, 3.8) is 0 Å². The number of nitrogens with one attached hydrogen (secondary N) is 2. The van der Waals surface area contributed by atoms with Crippen LogP contribution in [-0.4, -0.2) is 18.4 Å². The van der Waals surface area contributed by atoms with Crippen LogP contribution in [0.5, 0.6) is 0 Å². The number of H-pyrrole nitrogens is 1. The van der Waals surface area contributed by atoms with Crippen molar-refractivity contribution >= 4 is 27.6 Å². The van der Waals surface area contributed by atoms with E-state index in [1.54, 1.807) is 25.1 Å². The minimum absolute atomic E-state index is 0.0912. The summed E-state index contributed by atoms with van der Waals surface area (Å²) in [6.07, 6.45) is 0.304. The molecule has 0 bridgehead atoms. The third-order valence-electron chi connectivity index (χ3n) is 4.11. The monoisotopic (exact) mass is 403 g/mol. The van der Waals surface area contributed by atoms with Crippen molar-refractivity contribution in [1.29, 1.82) is 0 Å². The number of rotatable bonds is 5. The van der Waals surface area contributed by atoms with Crippen molar-refractivity contribution in [2.24, 2.45) is 0 Å². The van der Waals surface area contributed by atoms with Gasteiger partial charge in [0.15, 0.2) is 0 Å². The summed E-state index contributed by atoms with van der Waals surface area (Å²) in [5, 5.41) is 0.556. The molecule has 3 aromatic rings. The first kappa shape index (κ1) is 19.1. The predicted octanol–water partition coefficient (Wildman–Crippen LogP) is 3.43. The molecule has 0 aliphatic rings. The van der Waals surface area contributed by atoms with E-state index in [0.29, 0.717) is 22.7 Å². The summed E-state index contributed by atoms with van der Waals surface area (Å²) >= 11 is 6.15. The van der Waals surface area contributed by atoms with Gasteiger partial charge >= 0.3 is 0 Å². The molecule has 0 aliphatic heterocycles. The lowest BCUT2D eigenvalue weighted by atomic mass is 10.1. The van der Waals surface area contributed by atoms with E-state index in [1.807, 2.05) is 25.1 Å². The van der Waals surface area contributed by atoms with E-state index < -0.39 is 15.6 Å². The average Bonchev–Trinajstić information content (AvgIpc) is 2.59. The summed E-state index contributed by atoms with van der Waals surface area (Å²) in [5.74, 6) is -0.124. The van der Waals surface area contributed by atoms with Crippen molar-refractivity contribution < 1.29 is 8.42 Å². The van der Waals surface area contributed by atoms with Gasteiger partial charge in [-0.1, -0.05) is 47.5 Å². The second-order valence-electron chi connectivity index (χ2n) is 6.17. The van der Waals surface area contributed by atoms with Gasteiger partial charge in [0, 0.05) is 17.0 Å². The lowest BCUT2D eigenvalue weighted by Gasteiger charge is -2.11. The molecule has 0 amide bonds. The molecule has 6 nitrogen and oxygen atoms in total. The number of halogens is 1. The highest BCUT2D eigenvalue weighted by atomic mass is 35.5. The van der Waals surface area contributed by atoms with E-state index >= 15 is 0 Å². The summed E-state index contributed by atoms with van der Waals surface area (Å²) in [6.45, 7) is 3.52. The second kappa shape index (κ2) is 7.54. The molecule has 0 saturated carbocycles. The third kappa shape index (κ3) is 4.37. The highest BCUT2D eigenvalue weighted by Crippen LogP contribution is 2.19. The molecule has 27 heavy (non-hydrogen) atoms. The van der Waals surface area contributed by atoms with Crippen molar-refractivity contribution in [1.82, 2.24) is 9.97 Å². The maximum absolute atomic E-state index is 12.5. The topological polar surface area (TPSA) is 91.9 Å². The molecular formula is C19H18ClN3O3S. The largest absolute Gasteiger partial charge is 0.292 e. The van der Waals surface area contributed by atoms with Gasteiger partial charge in [0.1, 0.15) is 0 Å². The highest BCUT2D eigenvalue weighted by Gasteiger charge is 2.17. The molecule has 0 spiro atoms. The van der Waals surface area contributed by atoms with Crippen LogP contribution in [0.2, 0.25) is 5.02 Å². The van der Waals surface area contributed by atoms with Gasteiger partial charge in [-0.25, -0.2) is 18.1 Å². The number of aromatic nitrogens is 2. The zero-order valence-corrected chi connectivity index (χ0v) is 16.4. The fourth-order valence-corrected chi connectivity index (χ4v) is 3.77. The predicted molar refractivity (Wildman–Crippen MR) is 106 cm³/mol. The maximum atomic E-state index is 12.5. The molecule has 8 heteroatoms. The first-order chi connectivity index (χ1) is 12.8. The van der Waals surface area contributed by atoms with Crippen LogP contribution in [0, 0.1) is 13.8 Å². The zero-order valence-electron chi connectivity index (χ0n) is 14.8. The quantitative estimate of drug-likeness (QED) is 0.682. The Kier molecular flexibility index (Phi) is 5.34. The Labute approximate surface area is 162 Å². The Hall–Kier alpha value is -2.64. The second-order valence-corrected chi connectivity index (χ2v) is 8.25. The molecule has 2 N–H and O–H groups in total. The standard InChI is InChI=1S/C19H18ClN3O3S/c1-12-7-9-15(10-8-12)27(25,26)23-19-21-13(2)16(18(24)22-19)11-14-5-3-4-6-17(14)20/h3-10H,11H2,1-2H3,(H2,21,22,23,24). The number of hydrogen-bond donors (Lipinski definition) is 2. The molecule has 0 saturated heterocycles. The minimum Gasteiger partial charge on any atom is -0.292 e. The normalized spacial score (nSPS) is 11.4. The zero-order chi connectivity index (χ0) is 19.6. The van der Waals surface area contributed by atoms with E-state index in [0.717, 1.165) is 11.1 Å². The van der Waals surface area contributed by atoms with E-state index in [2.05, 4.69) is 14.7 Å². The number of benzene rings is 2. The number of hydrogen-bond acceptors (Lipinski definition) is 4. The third-order valence-corrected chi connectivity index (χ3v) is 5.83. The Balaban J connectivity index is 1.90. The number of aryl methyl sites for hydroxylation is 2. The molecule has 3 rings (SSSR count). The van der Waals surface area contributed by atoms with Crippen LogP contribution < -0.4 is 10.3 Å². The highest BCUT2D eigenvalue weighted by molar-refractivity contribution is 7.92. The molecular weight excluding hydrogens is 386 g/mol. The number of aromatic amines is 1. The van der Waals surface area contributed by atoms with Crippen LogP contribution >= 0.6 is 11.6 Å². The summed E-state index contributed by atoms with van der Waals surface area (Å²) in [7, 11) is -3.85. The number of sulfonamides is 1. The molecule has 0 atom stereocenters. The summed E-state index contributed by atoms with van der Waals surface area (Å²) in [5.41, 5.74) is 2.19. The molecule has 140 valence electrons. The minimum atomic E-state index is -3.85. The molecule has 0 radical (unpaired) electrons. The van der Waals surface area contributed by atoms with Gasteiger partial charge in [-0.15, -0.1) is 0 Å². The molecule has 2 aromatic carbocycles. The maximum Gasteiger partial charge on any atom is 0.264 e. The summed E-state index contributed by atoms with van der Waals surface area (Å²) in [4.78, 5) is 19.3. The van der Waals surface area contributed by atoms with Crippen LogP contribution in [0.15, 0.2) is 58.2 Å². The van der Waals surface area contributed by atoms with Crippen LogP contribution in [0.25, 0.3) is 0 Å². The Morgan fingerprint density at radius 1 is 1.07 bits per heavy atom. The van der Waals surface area contributed by atoms with E-state index in [-0.39, 0.29) is 10.8 Å². The summed E-state index contributed by atoms with van der Waals surface area (Å²) in [6, 6.07) is 13.6. The Morgan fingerprint density at radius 2 is 1.74 bits per heavy atom. The van der Waals surface area contributed by atoms with Gasteiger partial charge in [-0.2, -0.15) is 0 Å². The molecule has 0 unspecified atom stereocenters. The van der Waals surface area contributed by atoms with Crippen molar-refractivity contribution in [2.75, 3.05) is 4.72 Å². The fraction of sp³-hybridized carbons (Fsp3) is 0.158. The SMILES string of the molecule is Cc1ccc(S(=O)(=O)Nc2nc(C)c(Cc3ccccc3Cl)c(=O)[nH]2)cc1. The van der Waals surface area contributed by atoms with Gasteiger partial charge in [0.2, 0.25) is 5.95 Å². The first-order valence-electron chi connectivity index (χ1n) is 8.19. The lowest BCUT2D eigenvalue weighted by molar-refractivity contribution is 0.600. The molecule has 1 heterocycles. The van der Waals surface area contributed by atoms with Gasteiger partial charge < -0.3 is 0 Å². The van der Waals surface area contributed by atoms with Crippen LogP contribution in [-0.2, 0) is 16.4 Å². The fourth-order valence-electron chi connectivity index (χ4n) is 2.60. The van der Waals surface area contributed by atoms with E-state index in [1.165, 1.54) is 12.1 Å². The van der Waals surface area contributed by atoms with Crippen molar-refractivity contribution in [2.45, 2.75) is 25.2 Å². The van der Waals surface area contributed by atoms with Gasteiger partial charge in [-0.3, -0.25) is 9.78 Å². The van der Waals surface area contributed by atoms with E-state index in [9.17, 15) is 13.2 Å². The molecule has 1 aromatic heterocycles. The Bertz CT molecular complexity index is 1140. The van der Waals surface area contributed by atoms with E-state index in [4.69, 9.17) is 11.6 Å². The van der Waals surface area contributed by atoms with Gasteiger partial charge in [0.05, 0.1) is 10.6 Å². The first-order valence-corrected chi connectivity index (χ1v) is 10.0. The van der Waals surface area contributed by atoms with Crippen LogP contribution in [0.3, 0.4) is 0 Å². The lowest BCUT2D eigenvalue weighted by Crippen LogP contribution is -2.22. The number of nitrogens with zero attached hydrogens (tertiary/aromatic N) is 1. The molecule has 0 aliphatic carbocycles. The smallest absolute Gasteiger partial charge is 0.264 e.